The highest BCUT2D eigenvalue weighted by Gasteiger charge is 2.25. The van der Waals surface area contributed by atoms with E-state index in [9.17, 15) is 13.2 Å². The fraction of sp³-hybridized carbons (Fsp3) is 0.278. The van der Waals surface area contributed by atoms with Crippen LogP contribution in [0.4, 0.5) is 5.69 Å². The monoisotopic (exact) mass is 454 g/mol. The summed E-state index contributed by atoms with van der Waals surface area (Å²) in [5.41, 5.74) is 0.692. The van der Waals surface area contributed by atoms with Crippen molar-refractivity contribution in [2.45, 2.75) is 17.4 Å². The fourth-order valence-electron chi connectivity index (χ4n) is 2.70. The minimum atomic E-state index is -3.78. The van der Waals surface area contributed by atoms with Crippen LogP contribution >= 0.6 is 15.9 Å². The van der Waals surface area contributed by atoms with E-state index in [2.05, 4.69) is 26.0 Å². The highest BCUT2D eigenvalue weighted by Crippen LogP contribution is 2.26. The van der Waals surface area contributed by atoms with Crippen LogP contribution in [0.15, 0.2) is 51.8 Å². The topological polar surface area (TPSA) is 93.7 Å². The van der Waals surface area contributed by atoms with Crippen LogP contribution in [-0.2, 0) is 14.8 Å². The second-order valence-corrected chi connectivity index (χ2v) is 8.55. The molecule has 2 aromatic rings. The lowest BCUT2D eigenvalue weighted by Crippen LogP contribution is -2.35. The number of hydrogen-bond donors (Lipinski definition) is 2. The summed E-state index contributed by atoms with van der Waals surface area (Å²) in [6.07, 6.45) is 0.616. The van der Waals surface area contributed by atoms with Gasteiger partial charge in [0.1, 0.15) is 5.75 Å². The molecule has 1 aliphatic heterocycles. The molecule has 27 heavy (non-hydrogen) atoms. The number of nitrogens with one attached hydrogen (secondary N) is 2. The van der Waals surface area contributed by atoms with Crippen LogP contribution in [0.25, 0.3) is 0 Å². The Bertz CT molecular complexity index is 943. The number of ether oxygens (including phenoxy) is 2. The molecule has 3 rings (SSSR count). The Labute approximate surface area is 166 Å². The van der Waals surface area contributed by atoms with E-state index in [0.29, 0.717) is 29.8 Å². The second kappa shape index (κ2) is 8.39. The molecule has 1 fully saturated rings. The molecule has 1 saturated heterocycles. The number of anilines is 1. The Morgan fingerprint density at radius 1 is 1.26 bits per heavy atom. The summed E-state index contributed by atoms with van der Waals surface area (Å²) in [5.74, 6) is -0.192. The number of carbonyl (C=O) groups excluding carboxylic acids is 1. The summed E-state index contributed by atoms with van der Waals surface area (Å²) in [6.45, 7) is 0.861. The van der Waals surface area contributed by atoms with Gasteiger partial charge in [-0.05, 0) is 52.7 Å². The number of benzene rings is 2. The maximum absolute atomic E-state index is 12.7. The second-order valence-electron chi connectivity index (χ2n) is 5.98. The van der Waals surface area contributed by atoms with Crippen molar-refractivity contribution in [1.82, 2.24) is 4.72 Å². The Morgan fingerprint density at radius 2 is 2.04 bits per heavy atom. The average molecular weight is 455 g/mol. The SMILES string of the molecule is COc1ccc(S(=O)(=O)NC2CCOC2)cc1C(=O)Nc1ccccc1Br. The molecule has 0 aromatic heterocycles. The van der Waals surface area contributed by atoms with Crippen molar-refractivity contribution in [2.75, 3.05) is 25.6 Å². The van der Waals surface area contributed by atoms with Crippen molar-refractivity contribution < 1.29 is 22.7 Å². The molecule has 1 amide bonds. The Balaban J connectivity index is 1.89. The first-order valence-electron chi connectivity index (χ1n) is 8.24. The van der Waals surface area contributed by atoms with Gasteiger partial charge in [0.2, 0.25) is 10.0 Å². The molecule has 1 atom stereocenters. The lowest BCUT2D eigenvalue weighted by Gasteiger charge is -2.14. The van der Waals surface area contributed by atoms with Gasteiger partial charge in [-0.15, -0.1) is 0 Å². The van der Waals surface area contributed by atoms with Crippen molar-refractivity contribution in [3.8, 4) is 5.75 Å². The largest absolute Gasteiger partial charge is 0.496 e. The summed E-state index contributed by atoms with van der Waals surface area (Å²) < 4.78 is 39.0. The van der Waals surface area contributed by atoms with E-state index < -0.39 is 15.9 Å². The molecule has 1 aliphatic rings. The van der Waals surface area contributed by atoms with Crippen LogP contribution in [0, 0.1) is 0 Å². The summed E-state index contributed by atoms with van der Waals surface area (Å²) in [5, 5.41) is 2.75. The van der Waals surface area contributed by atoms with Crippen molar-refractivity contribution in [3.63, 3.8) is 0 Å². The van der Waals surface area contributed by atoms with Gasteiger partial charge in [-0.1, -0.05) is 12.1 Å². The first-order valence-corrected chi connectivity index (χ1v) is 10.5. The van der Waals surface area contributed by atoms with Crippen LogP contribution in [0.5, 0.6) is 5.75 Å². The molecular weight excluding hydrogens is 436 g/mol. The normalized spacial score (nSPS) is 16.9. The number of halogens is 1. The first kappa shape index (κ1) is 19.8. The van der Waals surface area contributed by atoms with Crippen LogP contribution in [0.2, 0.25) is 0 Å². The zero-order chi connectivity index (χ0) is 19.4. The molecule has 0 bridgehead atoms. The molecule has 1 heterocycles. The van der Waals surface area contributed by atoms with Crippen molar-refractivity contribution in [1.29, 1.82) is 0 Å². The van der Waals surface area contributed by atoms with Gasteiger partial charge in [-0.3, -0.25) is 4.79 Å². The van der Waals surface area contributed by atoms with Crippen LogP contribution in [0.1, 0.15) is 16.8 Å². The van der Waals surface area contributed by atoms with Gasteiger partial charge >= 0.3 is 0 Å². The van der Waals surface area contributed by atoms with Crippen molar-refractivity contribution in [3.05, 3.63) is 52.5 Å². The van der Waals surface area contributed by atoms with Gasteiger partial charge in [0.25, 0.3) is 5.91 Å². The zero-order valence-corrected chi connectivity index (χ0v) is 17.0. The van der Waals surface area contributed by atoms with E-state index in [1.165, 1.54) is 25.3 Å². The summed E-state index contributed by atoms with van der Waals surface area (Å²) in [7, 11) is -2.36. The fourth-order valence-corrected chi connectivity index (χ4v) is 4.36. The van der Waals surface area contributed by atoms with Crippen LogP contribution in [-0.4, -0.2) is 40.7 Å². The maximum Gasteiger partial charge on any atom is 0.259 e. The molecule has 0 saturated carbocycles. The minimum absolute atomic E-state index is 0.00697. The number of rotatable bonds is 6. The van der Waals surface area contributed by atoms with Crippen LogP contribution in [0.3, 0.4) is 0 Å². The molecule has 0 aliphatic carbocycles. The van der Waals surface area contributed by atoms with E-state index in [-0.39, 0.29) is 22.3 Å². The lowest BCUT2D eigenvalue weighted by atomic mass is 10.2. The molecule has 7 nitrogen and oxygen atoms in total. The third kappa shape index (κ3) is 4.67. The summed E-state index contributed by atoms with van der Waals surface area (Å²) in [6, 6.07) is 11.1. The average Bonchev–Trinajstić information content (AvgIpc) is 3.15. The molecule has 0 radical (unpaired) electrons. The van der Waals surface area contributed by atoms with Crippen LogP contribution < -0.4 is 14.8 Å². The first-order chi connectivity index (χ1) is 12.9. The van der Waals surface area contributed by atoms with E-state index in [1.807, 2.05) is 6.07 Å². The Kier molecular flexibility index (Phi) is 6.15. The number of hydrogen-bond acceptors (Lipinski definition) is 5. The van der Waals surface area contributed by atoms with Gasteiger partial charge in [0.05, 0.1) is 29.9 Å². The van der Waals surface area contributed by atoms with Gasteiger partial charge in [0.15, 0.2) is 0 Å². The van der Waals surface area contributed by atoms with E-state index in [4.69, 9.17) is 9.47 Å². The number of carbonyl (C=O) groups is 1. The molecule has 2 aromatic carbocycles. The molecular formula is C18H19BrN2O5S. The molecule has 0 spiro atoms. The number of para-hydroxylation sites is 1. The lowest BCUT2D eigenvalue weighted by molar-refractivity contribution is 0.102. The molecule has 144 valence electrons. The summed E-state index contributed by atoms with van der Waals surface area (Å²) >= 11 is 3.36. The predicted octanol–water partition coefficient (Wildman–Crippen LogP) is 2.78. The highest BCUT2D eigenvalue weighted by atomic mass is 79.9. The van der Waals surface area contributed by atoms with E-state index >= 15 is 0 Å². The zero-order valence-electron chi connectivity index (χ0n) is 14.6. The quantitative estimate of drug-likeness (QED) is 0.699. The Morgan fingerprint density at radius 3 is 2.70 bits per heavy atom. The van der Waals surface area contributed by atoms with Crippen molar-refractivity contribution >= 4 is 37.5 Å². The smallest absolute Gasteiger partial charge is 0.259 e. The molecule has 2 N–H and O–H groups in total. The third-order valence-electron chi connectivity index (χ3n) is 4.10. The van der Waals surface area contributed by atoms with E-state index in [0.717, 1.165) is 0 Å². The molecule has 9 heteroatoms. The third-order valence-corrected chi connectivity index (χ3v) is 6.31. The minimum Gasteiger partial charge on any atom is -0.496 e. The van der Waals surface area contributed by atoms with Crippen molar-refractivity contribution in [2.24, 2.45) is 0 Å². The van der Waals surface area contributed by atoms with E-state index in [1.54, 1.807) is 18.2 Å². The summed E-state index contributed by atoms with van der Waals surface area (Å²) in [4.78, 5) is 12.7. The van der Waals surface area contributed by atoms with Gasteiger partial charge in [-0.25, -0.2) is 13.1 Å². The highest BCUT2D eigenvalue weighted by molar-refractivity contribution is 9.10. The molecule has 1 unspecified atom stereocenters. The van der Waals surface area contributed by atoms with Gasteiger partial charge in [0, 0.05) is 17.1 Å². The number of sulfonamides is 1. The predicted molar refractivity (Wildman–Crippen MR) is 105 cm³/mol. The maximum atomic E-state index is 12.7. The number of methoxy groups -OCH3 is 1. The van der Waals surface area contributed by atoms with Gasteiger partial charge < -0.3 is 14.8 Å². The number of amides is 1. The Hall–Kier alpha value is -1.94. The van der Waals surface area contributed by atoms with Gasteiger partial charge in [-0.2, -0.15) is 0 Å². The standard InChI is InChI=1S/C18H19BrN2O5S/c1-25-17-7-6-13(27(23,24)21-12-8-9-26-11-12)10-14(17)18(22)20-16-5-3-2-4-15(16)19/h2-7,10,12,21H,8-9,11H2,1H3,(H,20,22).